The van der Waals surface area contributed by atoms with Crippen LogP contribution >= 0.6 is 11.3 Å². The molecule has 3 rings (SSSR count). The quantitative estimate of drug-likeness (QED) is 0.899. The predicted octanol–water partition coefficient (Wildman–Crippen LogP) is 3.68. The van der Waals surface area contributed by atoms with Gasteiger partial charge in [0.05, 0.1) is 5.39 Å². The number of thiophene rings is 1. The van der Waals surface area contributed by atoms with Gasteiger partial charge in [0.15, 0.2) is 0 Å². The molecule has 1 atom stereocenters. The molecule has 1 aliphatic carbocycles. The van der Waals surface area contributed by atoms with Crippen molar-refractivity contribution in [1.29, 1.82) is 0 Å². The molecule has 1 unspecified atom stereocenters. The molecule has 0 radical (unpaired) electrons. The summed E-state index contributed by atoms with van der Waals surface area (Å²) in [6.07, 6.45) is 7.13. The first kappa shape index (κ1) is 11.0. The number of nitrogens with zero attached hydrogens (tertiary/aromatic N) is 2. The van der Waals surface area contributed by atoms with E-state index in [9.17, 15) is 0 Å². The summed E-state index contributed by atoms with van der Waals surface area (Å²) in [4.78, 5) is 9.72. The summed E-state index contributed by atoms with van der Waals surface area (Å²) < 4.78 is 0. The van der Waals surface area contributed by atoms with Gasteiger partial charge in [-0.25, -0.2) is 9.97 Å². The van der Waals surface area contributed by atoms with Gasteiger partial charge in [-0.1, -0.05) is 12.8 Å². The summed E-state index contributed by atoms with van der Waals surface area (Å²) in [6, 6.07) is 2.61. The van der Waals surface area contributed by atoms with Gasteiger partial charge in [-0.3, -0.25) is 0 Å². The topological polar surface area (TPSA) is 37.8 Å². The van der Waals surface area contributed by atoms with Crippen molar-refractivity contribution in [3.63, 3.8) is 0 Å². The maximum Gasteiger partial charge on any atom is 0.138 e. The Bertz CT molecular complexity index is 502. The van der Waals surface area contributed by atoms with Crippen LogP contribution in [0.25, 0.3) is 10.2 Å². The van der Waals surface area contributed by atoms with Gasteiger partial charge in [-0.05, 0) is 37.1 Å². The minimum atomic E-state index is 0.510. The van der Waals surface area contributed by atoms with Crippen LogP contribution in [0.5, 0.6) is 0 Å². The largest absolute Gasteiger partial charge is 0.367 e. The molecule has 3 nitrogen and oxygen atoms in total. The Morgan fingerprint density at radius 3 is 3.00 bits per heavy atom. The lowest BCUT2D eigenvalue weighted by Gasteiger charge is -2.21. The van der Waals surface area contributed by atoms with Crippen LogP contribution in [0.4, 0.5) is 5.82 Å². The third-order valence-corrected chi connectivity index (χ3v) is 4.55. The zero-order valence-electron chi connectivity index (χ0n) is 10.0. The summed E-state index contributed by atoms with van der Waals surface area (Å²) in [7, 11) is 0. The molecule has 1 fully saturated rings. The Kier molecular flexibility index (Phi) is 2.97. The Morgan fingerprint density at radius 2 is 2.18 bits per heavy atom. The van der Waals surface area contributed by atoms with Crippen LogP contribution in [0, 0.1) is 5.92 Å². The molecule has 0 bridgehead atoms. The van der Waals surface area contributed by atoms with E-state index in [0.717, 1.165) is 22.0 Å². The van der Waals surface area contributed by atoms with E-state index in [1.807, 2.05) is 0 Å². The first-order valence-corrected chi connectivity index (χ1v) is 7.17. The van der Waals surface area contributed by atoms with E-state index in [1.165, 1.54) is 25.7 Å². The summed E-state index contributed by atoms with van der Waals surface area (Å²) in [6.45, 7) is 2.27. The SMILES string of the molecule is CC(Nc1ncnc2sccc12)C1CCCC1. The maximum absolute atomic E-state index is 4.37. The van der Waals surface area contributed by atoms with E-state index in [1.54, 1.807) is 17.7 Å². The Balaban J connectivity index is 1.81. The Labute approximate surface area is 105 Å². The van der Waals surface area contributed by atoms with E-state index >= 15 is 0 Å². The number of fused-ring (bicyclic) bond motifs is 1. The van der Waals surface area contributed by atoms with E-state index in [4.69, 9.17) is 0 Å². The van der Waals surface area contributed by atoms with E-state index in [2.05, 4.69) is 33.7 Å². The van der Waals surface area contributed by atoms with Crippen molar-refractivity contribution in [1.82, 2.24) is 9.97 Å². The van der Waals surface area contributed by atoms with Crippen molar-refractivity contribution < 1.29 is 0 Å². The summed E-state index contributed by atoms with van der Waals surface area (Å²) in [5.74, 6) is 1.80. The van der Waals surface area contributed by atoms with Gasteiger partial charge in [0.25, 0.3) is 0 Å². The highest BCUT2D eigenvalue weighted by molar-refractivity contribution is 7.16. The summed E-state index contributed by atoms with van der Waals surface area (Å²) in [5.41, 5.74) is 0. The van der Waals surface area contributed by atoms with E-state index in [-0.39, 0.29) is 0 Å². The highest BCUT2D eigenvalue weighted by Gasteiger charge is 2.22. The highest BCUT2D eigenvalue weighted by atomic mass is 32.1. The molecule has 17 heavy (non-hydrogen) atoms. The number of rotatable bonds is 3. The monoisotopic (exact) mass is 247 g/mol. The van der Waals surface area contributed by atoms with Gasteiger partial charge < -0.3 is 5.32 Å². The van der Waals surface area contributed by atoms with Crippen molar-refractivity contribution in [2.75, 3.05) is 5.32 Å². The molecule has 1 saturated carbocycles. The second-order valence-corrected chi connectivity index (χ2v) is 5.73. The van der Waals surface area contributed by atoms with Crippen molar-refractivity contribution in [2.45, 2.75) is 38.6 Å². The third-order valence-electron chi connectivity index (χ3n) is 3.73. The van der Waals surface area contributed by atoms with E-state index in [0.29, 0.717) is 6.04 Å². The number of anilines is 1. The molecule has 4 heteroatoms. The van der Waals surface area contributed by atoms with Crippen molar-refractivity contribution in [3.8, 4) is 0 Å². The number of hydrogen-bond acceptors (Lipinski definition) is 4. The zero-order chi connectivity index (χ0) is 11.7. The lowest BCUT2D eigenvalue weighted by molar-refractivity contribution is 0.481. The van der Waals surface area contributed by atoms with E-state index < -0.39 is 0 Å². The highest BCUT2D eigenvalue weighted by Crippen LogP contribution is 2.30. The molecule has 2 aromatic rings. The molecule has 0 aromatic carbocycles. The van der Waals surface area contributed by atoms with Crippen molar-refractivity contribution in [3.05, 3.63) is 17.8 Å². The first-order valence-electron chi connectivity index (χ1n) is 6.29. The van der Waals surface area contributed by atoms with Gasteiger partial charge in [0.2, 0.25) is 0 Å². The van der Waals surface area contributed by atoms with Gasteiger partial charge in [-0.2, -0.15) is 0 Å². The smallest absolute Gasteiger partial charge is 0.138 e. The number of aromatic nitrogens is 2. The van der Waals surface area contributed by atoms with Gasteiger partial charge >= 0.3 is 0 Å². The van der Waals surface area contributed by atoms with Crippen LogP contribution in [0.1, 0.15) is 32.6 Å². The molecule has 0 spiro atoms. The van der Waals surface area contributed by atoms with Crippen LogP contribution in [-0.4, -0.2) is 16.0 Å². The van der Waals surface area contributed by atoms with Crippen LogP contribution < -0.4 is 5.32 Å². The number of nitrogens with one attached hydrogen (secondary N) is 1. The fourth-order valence-corrected chi connectivity index (χ4v) is 3.43. The molecular formula is C13H17N3S. The van der Waals surface area contributed by atoms with Gasteiger partial charge in [-0.15, -0.1) is 11.3 Å². The third kappa shape index (κ3) is 2.14. The Morgan fingerprint density at radius 1 is 1.35 bits per heavy atom. The average Bonchev–Trinajstić information content (AvgIpc) is 3.00. The summed E-state index contributed by atoms with van der Waals surface area (Å²) >= 11 is 1.67. The fourth-order valence-electron chi connectivity index (χ4n) is 2.70. The molecule has 1 aliphatic rings. The molecular weight excluding hydrogens is 230 g/mol. The standard InChI is InChI=1S/C13H17N3S/c1-9(10-4-2-3-5-10)16-12-11-6-7-17-13(11)15-8-14-12/h6-10H,2-5H2,1H3,(H,14,15,16). The van der Waals surface area contributed by atoms with Crippen LogP contribution in [-0.2, 0) is 0 Å². The molecule has 2 heterocycles. The average molecular weight is 247 g/mol. The normalized spacial score (nSPS) is 18.6. The van der Waals surface area contributed by atoms with Gasteiger partial charge in [0.1, 0.15) is 17.0 Å². The van der Waals surface area contributed by atoms with Crippen LogP contribution in [0.3, 0.4) is 0 Å². The molecule has 90 valence electrons. The molecule has 2 aromatic heterocycles. The lowest BCUT2D eigenvalue weighted by Crippen LogP contribution is -2.24. The molecule has 1 N–H and O–H groups in total. The first-order chi connectivity index (χ1) is 8.34. The van der Waals surface area contributed by atoms with Crippen LogP contribution in [0.2, 0.25) is 0 Å². The zero-order valence-corrected chi connectivity index (χ0v) is 10.8. The second kappa shape index (κ2) is 4.61. The second-order valence-electron chi connectivity index (χ2n) is 4.84. The number of hydrogen-bond donors (Lipinski definition) is 1. The summed E-state index contributed by atoms with van der Waals surface area (Å²) in [5, 5.41) is 6.80. The predicted molar refractivity (Wildman–Crippen MR) is 72.5 cm³/mol. The van der Waals surface area contributed by atoms with Crippen molar-refractivity contribution in [2.24, 2.45) is 5.92 Å². The minimum absolute atomic E-state index is 0.510. The lowest BCUT2D eigenvalue weighted by atomic mass is 10.00. The Hall–Kier alpha value is -1.16. The minimum Gasteiger partial charge on any atom is -0.367 e. The van der Waals surface area contributed by atoms with Crippen LogP contribution in [0.15, 0.2) is 17.8 Å². The van der Waals surface area contributed by atoms with Crippen molar-refractivity contribution >= 4 is 27.4 Å². The molecule has 0 saturated heterocycles. The molecule has 0 amide bonds. The molecule has 0 aliphatic heterocycles. The maximum atomic E-state index is 4.37. The van der Waals surface area contributed by atoms with Gasteiger partial charge in [0, 0.05) is 6.04 Å². The fraction of sp³-hybridized carbons (Fsp3) is 0.538.